The van der Waals surface area contributed by atoms with Crippen molar-refractivity contribution in [1.82, 2.24) is 10.0 Å². The monoisotopic (exact) mass is 487 g/mol. The van der Waals surface area contributed by atoms with Crippen molar-refractivity contribution in [2.45, 2.75) is 31.3 Å². The van der Waals surface area contributed by atoms with Crippen LogP contribution in [-0.2, 0) is 26.2 Å². The number of furan rings is 1. The molecule has 0 aliphatic rings. The smallest absolute Gasteiger partial charge is 0.243 e. The molecule has 0 radical (unpaired) electrons. The van der Waals surface area contributed by atoms with Crippen molar-refractivity contribution in [3.05, 3.63) is 84.6 Å². The zero-order valence-corrected chi connectivity index (χ0v) is 19.6. The molecular formula is C24H26FN3O5S. The predicted molar refractivity (Wildman–Crippen MR) is 125 cm³/mol. The van der Waals surface area contributed by atoms with Crippen LogP contribution in [0.5, 0.6) is 0 Å². The van der Waals surface area contributed by atoms with Crippen molar-refractivity contribution < 1.29 is 26.8 Å². The maximum Gasteiger partial charge on any atom is 0.243 e. The van der Waals surface area contributed by atoms with E-state index in [-0.39, 0.29) is 23.0 Å². The van der Waals surface area contributed by atoms with E-state index in [0.29, 0.717) is 5.76 Å². The lowest BCUT2D eigenvalue weighted by atomic mass is 10.00. The van der Waals surface area contributed by atoms with Crippen molar-refractivity contribution in [2.24, 2.45) is 5.92 Å². The zero-order valence-electron chi connectivity index (χ0n) is 18.8. The van der Waals surface area contributed by atoms with E-state index in [4.69, 9.17) is 4.42 Å². The van der Waals surface area contributed by atoms with E-state index in [0.717, 1.165) is 0 Å². The highest BCUT2D eigenvalue weighted by Gasteiger charge is 2.34. The fraction of sp³-hybridized carbons (Fsp3) is 0.250. The first-order chi connectivity index (χ1) is 16.2. The third kappa shape index (κ3) is 6.30. The van der Waals surface area contributed by atoms with Gasteiger partial charge < -0.3 is 9.73 Å². The van der Waals surface area contributed by atoms with Crippen LogP contribution in [0.2, 0.25) is 0 Å². The summed E-state index contributed by atoms with van der Waals surface area (Å²) < 4.78 is 46.3. The lowest BCUT2D eigenvalue weighted by molar-refractivity contribution is -0.127. The number of hydrogen-bond acceptors (Lipinski definition) is 5. The molecule has 0 aliphatic heterocycles. The summed E-state index contributed by atoms with van der Waals surface area (Å²) in [5, 5.41) is 2.74. The molecule has 0 unspecified atom stereocenters. The van der Waals surface area contributed by atoms with Gasteiger partial charge in [-0.05, 0) is 54.4 Å². The van der Waals surface area contributed by atoms with Crippen LogP contribution in [-0.4, -0.2) is 32.8 Å². The Labute approximate surface area is 197 Å². The molecule has 10 heteroatoms. The summed E-state index contributed by atoms with van der Waals surface area (Å²) in [6.45, 7) is 3.04. The number of carbonyl (C=O) groups is 2. The first-order valence-electron chi connectivity index (χ1n) is 10.6. The topological polar surface area (TPSA) is 109 Å². The first-order valence-corrected chi connectivity index (χ1v) is 12.1. The molecule has 2 aromatic carbocycles. The van der Waals surface area contributed by atoms with Crippen LogP contribution >= 0.6 is 0 Å². The molecule has 2 N–H and O–H groups in total. The van der Waals surface area contributed by atoms with E-state index in [2.05, 4.69) is 10.0 Å². The van der Waals surface area contributed by atoms with Gasteiger partial charge in [0.25, 0.3) is 0 Å². The molecule has 2 amide bonds. The third-order valence-corrected chi connectivity index (χ3v) is 6.45. The number of anilines is 1. The van der Waals surface area contributed by atoms with Crippen molar-refractivity contribution in [3.8, 4) is 0 Å². The van der Waals surface area contributed by atoms with Gasteiger partial charge in [0.1, 0.15) is 17.6 Å². The van der Waals surface area contributed by atoms with Crippen molar-refractivity contribution >= 4 is 27.5 Å². The lowest BCUT2D eigenvalue weighted by Gasteiger charge is -2.33. The largest absolute Gasteiger partial charge is 0.467 e. The summed E-state index contributed by atoms with van der Waals surface area (Å²) in [4.78, 5) is 27.6. The number of rotatable bonds is 10. The number of carbonyl (C=O) groups excluding carboxylic acids is 2. The van der Waals surface area contributed by atoms with Crippen LogP contribution in [0.15, 0.2) is 82.3 Å². The number of nitrogens with zero attached hydrogens (tertiary/aromatic N) is 1. The second-order valence-electron chi connectivity index (χ2n) is 7.86. The Morgan fingerprint density at radius 2 is 1.68 bits per heavy atom. The van der Waals surface area contributed by atoms with Crippen LogP contribution < -0.4 is 14.9 Å². The number of hydrogen-bond donors (Lipinski definition) is 2. The Hall–Kier alpha value is -3.50. The maximum atomic E-state index is 13.6. The van der Waals surface area contributed by atoms with Crippen molar-refractivity contribution in [3.63, 3.8) is 0 Å². The average Bonchev–Trinajstić information content (AvgIpc) is 3.34. The van der Waals surface area contributed by atoms with E-state index in [1.165, 1.54) is 47.6 Å². The Morgan fingerprint density at radius 1 is 1.00 bits per heavy atom. The van der Waals surface area contributed by atoms with Gasteiger partial charge in [0.2, 0.25) is 21.8 Å². The van der Waals surface area contributed by atoms with Gasteiger partial charge in [0, 0.05) is 5.69 Å². The normalized spacial score (nSPS) is 12.4. The minimum absolute atomic E-state index is 0.00716. The molecule has 0 spiro atoms. The number of halogens is 1. The fourth-order valence-electron chi connectivity index (χ4n) is 3.40. The molecule has 1 heterocycles. The van der Waals surface area contributed by atoms with E-state index >= 15 is 0 Å². The first kappa shape index (κ1) is 25.1. The highest BCUT2D eigenvalue weighted by Crippen LogP contribution is 2.23. The lowest BCUT2D eigenvalue weighted by Crippen LogP contribution is -2.54. The number of amides is 2. The van der Waals surface area contributed by atoms with Gasteiger partial charge in [0.05, 0.1) is 24.2 Å². The number of nitrogens with one attached hydrogen (secondary N) is 2. The predicted octanol–water partition coefficient (Wildman–Crippen LogP) is 3.07. The van der Waals surface area contributed by atoms with Crippen LogP contribution in [0, 0.1) is 11.7 Å². The van der Waals surface area contributed by atoms with Gasteiger partial charge in [-0.15, -0.1) is 0 Å². The standard InChI is InChI=1S/C24H26FN3O5S/c1-17(2)23(24(30)26-15-20-7-6-14-33-20)28(19-12-10-18(25)11-13-19)22(29)16-27-34(31,32)21-8-4-3-5-9-21/h3-14,17,23,27H,15-16H2,1-2H3,(H,26,30)/t23-/m1/s1. The van der Waals surface area contributed by atoms with Crippen LogP contribution in [0.1, 0.15) is 19.6 Å². The summed E-state index contributed by atoms with van der Waals surface area (Å²) in [6.07, 6.45) is 1.48. The van der Waals surface area contributed by atoms with Crippen LogP contribution in [0.3, 0.4) is 0 Å². The minimum Gasteiger partial charge on any atom is -0.467 e. The maximum absolute atomic E-state index is 13.6. The van der Waals surface area contributed by atoms with Gasteiger partial charge >= 0.3 is 0 Å². The minimum atomic E-state index is -3.95. The van der Waals surface area contributed by atoms with E-state index in [9.17, 15) is 22.4 Å². The molecule has 3 aromatic rings. The van der Waals surface area contributed by atoms with Crippen molar-refractivity contribution in [1.29, 1.82) is 0 Å². The van der Waals surface area contributed by atoms with Crippen molar-refractivity contribution in [2.75, 3.05) is 11.4 Å². The van der Waals surface area contributed by atoms with Gasteiger partial charge in [-0.3, -0.25) is 14.5 Å². The van der Waals surface area contributed by atoms with Gasteiger partial charge in [-0.1, -0.05) is 32.0 Å². The molecule has 1 atom stereocenters. The molecule has 8 nitrogen and oxygen atoms in total. The molecule has 0 saturated carbocycles. The summed E-state index contributed by atoms with van der Waals surface area (Å²) in [5.41, 5.74) is 0.261. The Morgan fingerprint density at radius 3 is 2.26 bits per heavy atom. The molecular weight excluding hydrogens is 461 g/mol. The Balaban J connectivity index is 1.86. The van der Waals surface area contributed by atoms with Gasteiger partial charge in [-0.2, -0.15) is 0 Å². The van der Waals surface area contributed by atoms with Crippen LogP contribution in [0.25, 0.3) is 0 Å². The quantitative estimate of drug-likeness (QED) is 0.457. The summed E-state index contributed by atoms with van der Waals surface area (Å²) in [5.74, 6) is -1.46. The van der Waals surface area contributed by atoms with Gasteiger partial charge in [0.15, 0.2) is 0 Å². The average molecular weight is 488 g/mol. The molecule has 0 saturated heterocycles. The SMILES string of the molecule is CC(C)[C@H](C(=O)NCc1ccco1)N(C(=O)CNS(=O)(=O)c1ccccc1)c1ccc(F)cc1. The highest BCUT2D eigenvalue weighted by atomic mass is 32.2. The molecule has 180 valence electrons. The molecule has 0 aliphatic carbocycles. The third-order valence-electron chi connectivity index (χ3n) is 5.04. The molecule has 0 bridgehead atoms. The summed E-state index contributed by atoms with van der Waals surface area (Å²) in [7, 11) is -3.95. The highest BCUT2D eigenvalue weighted by molar-refractivity contribution is 7.89. The molecule has 0 fully saturated rings. The number of sulfonamides is 1. The second-order valence-corrected chi connectivity index (χ2v) is 9.63. The van der Waals surface area contributed by atoms with E-state index in [1.807, 2.05) is 0 Å². The van der Waals surface area contributed by atoms with E-state index < -0.39 is 40.2 Å². The van der Waals surface area contributed by atoms with Crippen LogP contribution in [0.4, 0.5) is 10.1 Å². The molecule has 1 aromatic heterocycles. The molecule has 34 heavy (non-hydrogen) atoms. The van der Waals surface area contributed by atoms with E-state index in [1.54, 1.807) is 44.2 Å². The Bertz CT molecular complexity index is 1200. The summed E-state index contributed by atoms with van der Waals surface area (Å²) in [6, 6.07) is 15.1. The molecule has 3 rings (SSSR count). The summed E-state index contributed by atoms with van der Waals surface area (Å²) >= 11 is 0. The Kier molecular flexibility index (Phi) is 8.19. The van der Waals surface area contributed by atoms with Gasteiger partial charge in [-0.25, -0.2) is 17.5 Å². The fourth-order valence-corrected chi connectivity index (χ4v) is 4.39. The second kappa shape index (κ2) is 11.1. The number of benzene rings is 2. The zero-order chi connectivity index (χ0) is 24.7.